The quantitative estimate of drug-likeness (QED) is 0.800. The first kappa shape index (κ1) is 13.9. The molecule has 2 aromatic carbocycles. The molecule has 0 saturated carbocycles. The number of rotatable bonds is 1. The summed E-state index contributed by atoms with van der Waals surface area (Å²) in [6.45, 7) is 0. The van der Waals surface area contributed by atoms with Gasteiger partial charge in [-0.25, -0.2) is 4.39 Å². The molecule has 0 bridgehead atoms. The van der Waals surface area contributed by atoms with E-state index in [2.05, 4.69) is 0 Å². The Kier molecular flexibility index (Phi) is 3.36. The van der Waals surface area contributed by atoms with Gasteiger partial charge in [0.1, 0.15) is 23.2 Å². The van der Waals surface area contributed by atoms with Gasteiger partial charge in [0.25, 0.3) is 0 Å². The lowest BCUT2D eigenvalue weighted by atomic mass is 9.98. The largest absolute Gasteiger partial charge is 0.507 e. The van der Waals surface area contributed by atoms with Gasteiger partial charge in [0, 0.05) is 0 Å². The van der Waals surface area contributed by atoms with Gasteiger partial charge in [-0.15, -0.1) is 0 Å². The van der Waals surface area contributed by atoms with E-state index in [9.17, 15) is 22.7 Å². The van der Waals surface area contributed by atoms with Crippen molar-refractivity contribution in [2.75, 3.05) is 0 Å². The summed E-state index contributed by atoms with van der Waals surface area (Å²) in [6, 6.07) is 7.89. The molecule has 20 heavy (non-hydrogen) atoms. The minimum Gasteiger partial charge on any atom is -0.507 e. The van der Waals surface area contributed by atoms with E-state index in [4.69, 9.17) is 5.26 Å². The minimum atomic E-state index is -4.77. The van der Waals surface area contributed by atoms with Crippen LogP contribution in [0.15, 0.2) is 36.4 Å². The molecular formula is C14H7F4NO. The maximum absolute atomic E-state index is 12.9. The lowest BCUT2D eigenvalue weighted by Gasteiger charge is -2.12. The minimum absolute atomic E-state index is 0.0498. The second kappa shape index (κ2) is 4.85. The molecule has 6 heteroatoms. The Morgan fingerprint density at radius 1 is 1.00 bits per heavy atom. The Morgan fingerprint density at radius 2 is 1.60 bits per heavy atom. The summed E-state index contributed by atoms with van der Waals surface area (Å²) in [4.78, 5) is 0. The van der Waals surface area contributed by atoms with Crippen molar-refractivity contribution in [1.82, 2.24) is 0 Å². The van der Waals surface area contributed by atoms with E-state index in [1.165, 1.54) is 18.2 Å². The van der Waals surface area contributed by atoms with Gasteiger partial charge in [0.2, 0.25) is 0 Å². The maximum atomic E-state index is 12.9. The van der Waals surface area contributed by atoms with Gasteiger partial charge in [-0.2, -0.15) is 18.4 Å². The molecule has 102 valence electrons. The molecule has 0 aliphatic carbocycles. The monoisotopic (exact) mass is 281 g/mol. The van der Waals surface area contributed by atoms with Crippen LogP contribution in [-0.2, 0) is 6.18 Å². The highest BCUT2D eigenvalue weighted by Crippen LogP contribution is 2.38. The zero-order valence-corrected chi connectivity index (χ0v) is 9.87. The van der Waals surface area contributed by atoms with E-state index in [-0.39, 0.29) is 5.56 Å². The normalized spacial score (nSPS) is 11.2. The zero-order valence-electron chi connectivity index (χ0n) is 9.87. The van der Waals surface area contributed by atoms with Crippen molar-refractivity contribution in [3.8, 4) is 22.9 Å². The summed E-state index contributed by atoms with van der Waals surface area (Å²) in [7, 11) is 0. The van der Waals surface area contributed by atoms with Gasteiger partial charge in [0.15, 0.2) is 0 Å². The van der Waals surface area contributed by atoms with Crippen molar-refractivity contribution >= 4 is 0 Å². The van der Waals surface area contributed by atoms with Crippen LogP contribution in [0.25, 0.3) is 11.1 Å². The lowest BCUT2D eigenvalue weighted by molar-refractivity contribution is -0.137. The van der Waals surface area contributed by atoms with Crippen LogP contribution >= 0.6 is 0 Å². The van der Waals surface area contributed by atoms with Gasteiger partial charge in [-0.05, 0) is 35.4 Å². The molecular weight excluding hydrogens is 274 g/mol. The van der Waals surface area contributed by atoms with Crippen LogP contribution in [0.5, 0.6) is 5.75 Å². The molecule has 0 unspecified atom stereocenters. The van der Waals surface area contributed by atoms with E-state index in [1.54, 1.807) is 0 Å². The Labute approximate surface area is 111 Å². The molecule has 0 aliphatic heterocycles. The van der Waals surface area contributed by atoms with Gasteiger partial charge >= 0.3 is 6.18 Å². The zero-order chi connectivity index (χ0) is 14.9. The molecule has 2 aromatic rings. The molecule has 0 amide bonds. The summed E-state index contributed by atoms with van der Waals surface area (Å²) in [5, 5.41) is 18.3. The van der Waals surface area contributed by atoms with E-state index in [1.807, 2.05) is 0 Å². The highest BCUT2D eigenvalue weighted by Gasteiger charge is 2.35. The number of hydrogen-bond acceptors (Lipinski definition) is 2. The number of nitrogens with zero attached hydrogens (tertiary/aromatic N) is 1. The number of aromatic hydroxyl groups is 1. The highest BCUT2D eigenvalue weighted by molar-refractivity contribution is 5.69. The molecule has 0 radical (unpaired) electrons. The summed E-state index contributed by atoms with van der Waals surface area (Å²) >= 11 is 0. The van der Waals surface area contributed by atoms with Crippen molar-refractivity contribution in [2.24, 2.45) is 0 Å². The molecule has 2 rings (SSSR count). The third-order valence-electron chi connectivity index (χ3n) is 2.71. The van der Waals surface area contributed by atoms with E-state index >= 15 is 0 Å². The SMILES string of the molecule is N#Cc1c(O)cc(-c2ccc(F)cc2)cc1C(F)(F)F. The molecule has 0 aromatic heterocycles. The number of phenolic OH excluding ortho intramolecular Hbond substituents is 1. The molecule has 2 nitrogen and oxygen atoms in total. The average Bonchev–Trinajstić information content (AvgIpc) is 2.37. The van der Waals surface area contributed by atoms with Crippen molar-refractivity contribution in [3.05, 3.63) is 53.3 Å². The van der Waals surface area contributed by atoms with E-state index in [0.29, 0.717) is 5.56 Å². The first-order valence-corrected chi connectivity index (χ1v) is 5.43. The predicted octanol–water partition coefficient (Wildman–Crippen LogP) is 4.09. The molecule has 0 spiro atoms. The smallest absolute Gasteiger partial charge is 0.417 e. The van der Waals surface area contributed by atoms with Gasteiger partial charge in [-0.1, -0.05) is 12.1 Å². The standard InChI is InChI=1S/C14H7F4NO/c15-10-3-1-8(2-4-10)9-5-12(14(16,17)18)11(7-19)13(20)6-9/h1-6,20H. The van der Waals surface area contributed by atoms with Crippen molar-refractivity contribution < 1.29 is 22.7 Å². The fraction of sp³-hybridized carbons (Fsp3) is 0.0714. The Hall–Kier alpha value is -2.55. The second-order valence-electron chi connectivity index (χ2n) is 4.03. The van der Waals surface area contributed by atoms with Crippen LogP contribution in [-0.4, -0.2) is 5.11 Å². The van der Waals surface area contributed by atoms with Gasteiger partial charge in [-0.3, -0.25) is 0 Å². The topological polar surface area (TPSA) is 44.0 Å². The molecule has 0 aliphatic rings. The maximum Gasteiger partial charge on any atom is 0.417 e. The highest BCUT2D eigenvalue weighted by atomic mass is 19.4. The molecule has 0 atom stereocenters. The van der Waals surface area contributed by atoms with Gasteiger partial charge in [0.05, 0.1) is 5.56 Å². The summed E-state index contributed by atoms with van der Waals surface area (Å²) in [5.41, 5.74) is -1.70. The van der Waals surface area contributed by atoms with Crippen molar-refractivity contribution in [2.45, 2.75) is 6.18 Å². The summed E-state index contributed by atoms with van der Waals surface area (Å²) < 4.78 is 51.4. The van der Waals surface area contributed by atoms with Gasteiger partial charge < -0.3 is 5.11 Å². The fourth-order valence-corrected chi connectivity index (χ4v) is 1.78. The number of halogens is 4. The third-order valence-corrected chi connectivity index (χ3v) is 2.71. The number of phenols is 1. The van der Waals surface area contributed by atoms with Crippen LogP contribution in [0.2, 0.25) is 0 Å². The van der Waals surface area contributed by atoms with Crippen LogP contribution in [0, 0.1) is 17.1 Å². The first-order valence-electron chi connectivity index (χ1n) is 5.43. The third kappa shape index (κ3) is 2.57. The number of hydrogen-bond donors (Lipinski definition) is 1. The number of alkyl halides is 3. The van der Waals surface area contributed by atoms with Crippen LogP contribution < -0.4 is 0 Å². The predicted molar refractivity (Wildman–Crippen MR) is 63.2 cm³/mol. The Balaban J connectivity index is 2.66. The number of nitriles is 1. The second-order valence-corrected chi connectivity index (χ2v) is 4.03. The van der Waals surface area contributed by atoms with Crippen LogP contribution in [0.1, 0.15) is 11.1 Å². The Bertz CT molecular complexity index is 684. The number of benzene rings is 2. The lowest BCUT2D eigenvalue weighted by Crippen LogP contribution is -2.08. The summed E-state index contributed by atoms with van der Waals surface area (Å²) in [5.74, 6) is -1.29. The fourth-order valence-electron chi connectivity index (χ4n) is 1.78. The summed E-state index contributed by atoms with van der Waals surface area (Å²) in [6.07, 6.45) is -4.77. The van der Waals surface area contributed by atoms with E-state index in [0.717, 1.165) is 24.3 Å². The Morgan fingerprint density at radius 3 is 2.10 bits per heavy atom. The molecule has 1 N–H and O–H groups in total. The van der Waals surface area contributed by atoms with E-state index < -0.39 is 28.9 Å². The molecule has 0 fully saturated rings. The van der Waals surface area contributed by atoms with Crippen molar-refractivity contribution in [1.29, 1.82) is 5.26 Å². The molecule has 0 heterocycles. The molecule has 0 saturated heterocycles. The average molecular weight is 281 g/mol. The van der Waals surface area contributed by atoms with Crippen LogP contribution in [0.3, 0.4) is 0 Å². The van der Waals surface area contributed by atoms with Crippen LogP contribution in [0.4, 0.5) is 17.6 Å². The van der Waals surface area contributed by atoms with Crippen molar-refractivity contribution in [3.63, 3.8) is 0 Å². The first-order chi connectivity index (χ1) is 9.32.